The van der Waals surface area contributed by atoms with Crippen LogP contribution in [0.25, 0.3) is 0 Å². The molecule has 3 nitrogen and oxygen atoms in total. The summed E-state index contributed by atoms with van der Waals surface area (Å²) < 4.78 is 0. The first-order chi connectivity index (χ1) is 8.15. The molecule has 0 aliphatic heterocycles. The van der Waals surface area contributed by atoms with E-state index in [4.69, 9.17) is 5.73 Å². The van der Waals surface area contributed by atoms with Crippen LogP contribution < -0.4 is 11.1 Å². The summed E-state index contributed by atoms with van der Waals surface area (Å²) in [6.45, 7) is 2.83. The molecule has 0 heterocycles. The summed E-state index contributed by atoms with van der Waals surface area (Å²) in [5.41, 5.74) is 6.72. The zero-order valence-electron chi connectivity index (χ0n) is 10.3. The van der Waals surface area contributed by atoms with Gasteiger partial charge in [0.25, 0.3) is 0 Å². The van der Waals surface area contributed by atoms with Crippen molar-refractivity contribution in [2.24, 2.45) is 5.73 Å². The van der Waals surface area contributed by atoms with Gasteiger partial charge in [-0.05, 0) is 18.2 Å². The number of carbonyl (C=O) groups is 1. The van der Waals surface area contributed by atoms with E-state index < -0.39 is 6.04 Å². The summed E-state index contributed by atoms with van der Waals surface area (Å²) in [7, 11) is 0. The first kappa shape index (κ1) is 14.1. The summed E-state index contributed by atoms with van der Waals surface area (Å²) in [4.78, 5) is 11.8. The maximum Gasteiger partial charge on any atom is 0.241 e. The molecule has 0 saturated carbocycles. The van der Waals surface area contributed by atoms with Crippen LogP contribution in [0.2, 0.25) is 0 Å². The first-order valence-electron chi connectivity index (χ1n) is 5.76. The van der Waals surface area contributed by atoms with Crippen molar-refractivity contribution in [1.82, 2.24) is 5.32 Å². The quantitative estimate of drug-likeness (QED) is 0.813. The first-order valence-corrected chi connectivity index (χ1v) is 7.05. The van der Waals surface area contributed by atoms with Gasteiger partial charge in [0.15, 0.2) is 0 Å². The van der Waals surface area contributed by atoms with Gasteiger partial charge in [-0.25, -0.2) is 0 Å². The number of hydrogen-bond acceptors (Lipinski definition) is 3. The fourth-order valence-corrected chi connectivity index (χ4v) is 1.79. The molecule has 2 atom stereocenters. The average molecular weight is 252 g/mol. The monoisotopic (exact) mass is 252 g/mol. The third-order valence-electron chi connectivity index (χ3n) is 2.69. The van der Waals surface area contributed by atoms with Crippen molar-refractivity contribution in [2.75, 3.05) is 12.8 Å². The molecule has 4 heteroatoms. The minimum atomic E-state index is -0.569. The van der Waals surface area contributed by atoms with Crippen LogP contribution in [0.4, 0.5) is 0 Å². The molecule has 0 aliphatic carbocycles. The molecule has 0 spiro atoms. The Kier molecular flexibility index (Phi) is 6.08. The SMILES string of the molecule is CSC(C)CCNC(=O)[C@@H](N)c1ccccc1. The molecule has 0 saturated heterocycles. The van der Waals surface area contributed by atoms with Gasteiger partial charge < -0.3 is 11.1 Å². The normalized spacial score (nSPS) is 14.1. The minimum Gasteiger partial charge on any atom is -0.354 e. The van der Waals surface area contributed by atoms with E-state index in [-0.39, 0.29) is 5.91 Å². The number of rotatable bonds is 6. The van der Waals surface area contributed by atoms with Crippen LogP contribution in [0.15, 0.2) is 30.3 Å². The second kappa shape index (κ2) is 7.35. The third kappa shape index (κ3) is 4.79. The standard InChI is InChI=1S/C13H20N2OS/c1-10(17-2)8-9-15-13(16)12(14)11-6-4-3-5-7-11/h3-7,10,12H,8-9,14H2,1-2H3,(H,15,16)/t10?,12-/m0/s1. The Morgan fingerprint density at radius 2 is 2.06 bits per heavy atom. The van der Waals surface area contributed by atoms with Gasteiger partial charge in [0, 0.05) is 11.8 Å². The van der Waals surface area contributed by atoms with Crippen LogP contribution in [0.3, 0.4) is 0 Å². The molecule has 1 rings (SSSR count). The fourth-order valence-electron chi connectivity index (χ4n) is 1.44. The van der Waals surface area contributed by atoms with Crippen LogP contribution >= 0.6 is 11.8 Å². The van der Waals surface area contributed by atoms with Crippen molar-refractivity contribution in [3.63, 3.8) is 0 Å². The lowest BCUT2D eigenvalue weighted by Gasteiger charge is -2.13. The van der Waals surface area contributed by atoms with E-state index >= 15 is 0 Å². The van der Waals surface area contributed by atoms with Gasteiger partial charge in [0.05, 0.1) is 0 Å². The van der Waals surface area contributed by atoms with Gasteiger partial charge in [0.2, 0.25) is 5.91 Å². The summed E-state index contributed by atoms with van der Waals surface area (Å²) in [6, 6.07) is 8.86. The van der Waals surface area contributed by atoms with E-state index in [2.05, 4.69) is 18.5 Å². The van der Waals surface area contributed by atoms with Crippen molar-refractivity contribution in [1.29, 1.82) is 0 Å². The maximum absolute atomic E-state index is 11.8. The molecule has 1 aromatic rings. The van der Waals surface area contributed by atoms with Crippen LogP contribution in [0, 0.1) is 0 Å². The molecule has 1 unspecified atom stereocenters. The van der Waals surface area contributed by atoms with Crippen LogP contribution in [-0.4, -0.2) is 24.0 Å². The Bertz CT molecular complexity index is 343. The van der Waals surface area contributed by atoms with Gasteiger partial charge in [-0.3, -0.25) is 4.79 Å². The molecule has 0 bridgehead atoms. The predicted octanol–water partition coefficient (Wildman–Crippen LogP) is 1.94. The molecule has 1 amide bonds. The van der Waals surface area contributed by atoms with E-state index in [0.717, 1.165) is 12.0 Å². The topological polar surface area (TPSA) is 55.1 Å². The molecular weight excluding hydrogens is 232 g/mol. The Hall–Kier alpha value is -1.00. The Morgan fingerprint density at radius 1 is 1.41 bits per heavy atom. The molecule has 17 heavy (non-hydrogen) atoms. The molecule has 0 aliphatic rings. The summed E-state index contributed by atoms with van der Waals surface area (Å²) in [5, 5.41) is 3.43. The predicted molar refractivity (Wildman–Crippen MR) is 74.0 cm³/mol. The zero-order chi connectivity index (χ0) is 12.7. The van der Waals surface area contributed by atoms with Crippen molar-refractivity contribution in [2.45, 2.75) is 24.6 Å². The van der Waals surface area contributed by atoms with E-state index in [9.17, 15) is 4.79 Å². The van der Waals surface area contributed by atoms with Crippen molar-refractivity contribution in [3.05, 3.63) is 35.9 Å². The van der Waals surface area contributed by atoms with Crippen LogP contribution in [-0.2, 0) is 4.79 Å². The summed E-state index contributed by atoms with van der Waals surface area (Å²) in [6.07, 6.45) is 3.04. The van der Waals surface area contributed by atoms with Gasteiger partial charge in [-0.15, -0.1) is 0 Å². The highest BCUT2D eigenvalue weighted by Crippen LogP contribution is 2.10. The maximum atomic E-state index is 11.8. The lowest BCUT2D eigenvalue weighted by atomic mass is 10.1. The largest absolute Gasteiger partial charge is 0.354 e. The number of nitrogens with one attached hydrogen (secondary N) is 1. The van der Waals surface area contributed by atoms with Gasteiger partial charge >= 0.3 is 0 Å². The van der Waals surface area contributed by atoms with E-state index in [1.165, 1.54) is 0 Å². The van der Waals surface area contributed by atoms with E-state index in [1.807, 2.05) is 30.3 Å². The minimum absolute atomic E-state index is 0.107. The summed E-state index contributed by atoms with van der Waals surface area (Å²) >= 11 is 1.80. The van der Waals surface area contributed by atoms with E-state index in [0.29, 0.717) is 11.8 Å². The molecule has 0 radical (unpaired) electrons. The average Bonchev–Trinajstić information content (AvgIpc) is 2.38. The number of thioether (sulfide) groups is 1. The second-order valence-corrected chi connectivity index (χ2v) is 5.29. The number of carbonyl (C=O) groups excluding carboxylic acids is 1. The lowest BCUT2D eigenvalue weighted by Crippen LogP contribution is -2.35. The molecule has 0 aromatic heterocycles. The van der Waals surface area contributed by atoms with Crippen LogP contribution in [0.1, 0.15) is 24.9 Å². The smallest absolute Gasteiger partial charge is 0.241 e. The van der Waals surface area contributed by atoms with Crippen molar-refractivity contribution in [3.8, 4) is 0 Å². The van der Waals surface area contributed by atoms with Gasteiger partial charge in [0.1, 0.15) is 6.04 Å². The van der Waals surface area contributed by atoms with Crippen LogP contribution in [0.5, 0.6) is 0 Å². The Labute approximate surface area is 107 Å². The van der Waals surface area contributed by atoms with Crippen molar-refractivity contribution < 1.29 is 4.79 Å². The lowest BCUT2D eigenvalue weighted by molar-refractivity contribution is -0.122. The molecule has 0 fully saturated rings. The van der Waals surface area contributed by atoms with Gasteiger partial charge in [-0.1, -0.05) is 37.3 Å². The Balaban J connectivity index is 2.38. The zero-order valence-corrected chi connectivity index (χ0v) is 11.2. The third-order valence-corrected chi connectivity index (χ3v) is 3.73. The van der Waals surface area contributed by atoms with E-state index in [1.54, 1.807) is 11.8 Å². The van der Waals surface area contributed by atoms with Gasteiger partial charge in [-0.2, -0.15) is 11.8 Å². The number of benzene rings is 1. The fraction of sp³-hybridized carbons (Fsp3) is 0.462. The second-order valence-electron chi connectivity index (χ2n) is 4.01. The highest BCUT2D eigenvalue weighted by molar-refractivity contribution is 7.99. The highest BCUT2D eigenvalue weighted by atomic mass is 32.2. The molecule has 3 N–H and O–H groups in total. The summed E-state index contributed by atoms with van der Waals surface area (Å²) in [5.74, 6) is -0.107. The molecule has 94 valence electrons. The van der Waals surface area contributed by atoms with Crippen molar-refractivity contribution >= 4 is 17.7 Å². The number of hydrogen-bond donors (Lipinski definition) is 2. The molecule has 1 aromatic carbocycles. The molecular formula is C13H20N2OS. The Morgan fingerprint density at radius 3 is 2.65 bits per heavy atom. The highest BCUT2D eigenvalue weighted by Gasteiger charge is 2.14. The number of amides is 1. The number of nitrogens with two attached hydrogens (primary N) is 1.